The lowest BCUT2D eigenvalue weighted by atomic mass is 10.1. The predicted molar refractivity (Wildman–Crippen MR) is 62.4 cm³/mol. The Hall–Kier alpha value is -0.680. The van der Waals surface area contributed by atoms with Gasteiger partial charge in [0.05, 0.1) is 0 Å². The first-order valence-electron chi connectivity index (χ1n) is 5.24. The van der Waals surface area contributed by atoms with Crippen molar-refractivity contribution in [1.29, 1.82) is 0 Å². The zero-order chi connectivity index (χ0) is 11.5. The molecule has 86 valence electrons. The fourth-order valence-electron chi connectivity index (χ4n) is 1.58. The summed E-state index contributed by atoms with van der Waals surface area (Å²) in [6.07, 6.45) is 2.60. The van der Waals surface area contributed by atoms with Gasteiger partial charge in [0, 0.05) is 18.6 Å². The molecule has 0 aromatic carbocycles. The Bertz CT molecular complexity index is 361. The third-order valence-electron chi connectivity index (χ3n) is 2.22. The van der Waals surface area contributed by atoms with Gasteiger partial charge < -0.3 is 5.11 Å². The molecule has 0 amide bonds. The molecule has 0 unspecified atom stereocenters. The van der Waals surface area contributed by atoms with Crippen LogP contribution in [0.3, 0.4) is 0 Å². The molecule has 1 aromatic heterocycles. The SMILES string of the molecule is CC(C)(C)n1c(CCCCO)n[nH]c1=S. The van der Waals surface area contributed by atoms with Crippen LogP contribution in [-0.4, -0.2) is 26.5 Å². The summed E-state index contributed by atoms with van der Waals surface area (Å²) < 4.78 is 2.71. The summed E-state index contributed by atoms with van der Waals surface area (Å²) in [5.41, 5.74) is -0.0430. The summed E-state index contributed by atoms with van der Waals surface area (Å²) in [6, 6.07) is 0. The van der Waals surface area contributed by atoms with Crippen molar-refractivity contribution in [2.45, 2.75) is 45.6 Å². The fraction of sp³-hybridized carbons (Fsp3) is 0.800. The van der Waals surface area contributed by atoms with Crippen molar-refractivity contribution < 1.29 is 5.11 Å². The molecular weight excluding hydrogens is 210 g/mol. The van der Waals surface area contributed by atoms with Gasteiger partial charge in [-0.2, -0.15) is 5.10 Å². The molecule has 0 saturated carbocycles. The Morgan fingerprint density at radius 2 is 2.07 bits per heavy atom. The first-order chi connectivity index (χ1) is 6.96. The van der Waals surface area contributed by atoms with Crippen molar-refractivity contribution >= 4 is 12.2 Å². The third-order valence-corrected chi connectivity index (χ3v) is 2.49. The Morgan fingerprint density at radius 1 is 1.40 bits per heavy atom. The molecule has 0 spiro atoms. The van der Waals surface area contributed by atoms with Gasteiger partial charge >= 0.3 is 0 Å². The molecule has 1 rings (SSSR count). The van der Waals surface area contributed by atoms with Gasteiger partial charge in [0.25, 0.3) is 0 Å². The molecule has 0 aliphatic heterocycles. The van der Waals surface area contributed by atoms with E-state index in [0.29, 0.717) is 4.77 Å². The second-order valence-electron chi connectivity index (χ2n) is 4.63. The normalized spacial score (nSPS) is 12.0. The van der Waals surface area contributed by atoms with Gasteiger partial charge in [-0.05, 0) is 45.8 Å². The molecule has 15 heavy (non-hydrogen) atoms. The topological polar surface area (TPSA) is 53.8 Å². The van der Waals surface area contributed by atoms with Crippen LogP contribution in [0.2, 0.25) is 0 Å². The highest BCUT2D eigenvalue weighted by Crippen LogP contribution is 2.17. The summed E-state index contributed by atoms with van der Waals surface area (Å²) in [4.78, 5) is 0. The predicted octanol–water partition coefficient (Wildman–Crippen LogP) is 2.01. The minimum atomic E-state index is -0.0430. The lowest BCUT2D eigenvalue weighted by molar-refractivity contribution is 0.283. The lowest BCUT2D eigenvalue weighted by Gasteiger charge is -2.22. The van der Waals surface area contributed by atoms with Gasteiger partial charge in [0.1, 0.15) is 5.82 Å². The van der Waals surface area contributed by atoms with Gasteiger partial charge in [-0.1, -0.05) is 0 Å². The number of aromatic amines is 1. The van der Waals surface area contributed by atoms with E-state index in [-0.39, 0.29) is 12.1 Å². The zero-order valence-corrected chi connectivity index (χ0v) is 10.4. The zero-order valence-electron chi connectivity index (χ0n) is 9.58. The Kier molecular flexibility index (Phi) is 4.04. The highest BCUT2D eigenvalue weighted by atomic mass is 32.1. The minimum Gasteiger partial charge on any atom is -0.396 e. The van der Waals surface area contributed by atoms with Gasteiger partial charge in [0.2, 0.25) is 0 Å². The molecule has 0 fully saturated rings. The third kappa shape index (κ3) is 3.14. The van der Waals surface area contributed by atoms with Crippen molar-refractivity contribution in [3.63, 3.8) is 0 Å². The molecule has 0 bridgehead atoms. The fourth-order valence-corrected chi connectivity index (χ4v) is 2.01. The van der Waals surface area contributed by atoms with Gasteiger partial charge in [-0.15, -0.1) is 0 Å². The van der Waals surface area contributed by atoms with Crippen LogP contribution in [0, 0.1) is 4.77 Å². The Labute approximate surface area is 95.3 Å². The molecule has 1 aromatic rings. The number of aliphatic hydroxyl groups is 1. The number of hydrogen-bond donors (Lipinski definition) is 2. The molecule has 2 N–H and O–H groups in total. The van der Waals surface area contributed by atoms with Crippen molar-refractivity contribution in [2.75, 3.05) is 6.61 Å². The summed E-state index contributed by atoms with van der Waals surface area (Å²) >= 11 is 5.20. The maximum Gasteiger partial charge on any atom is 0.195 e. The number of hydrogen-bond acceptors (Lipinski definition) is 3. The number of unbranched alkanes of at least 4 members (excludes halogenated alkanes) is 1. The maximum atomic E-state index is 8.72. The van der Waals surface area contributed by atoms with Gasteiger partial charge in [-0.25, -0.2) is 0 Å². The van der Waals surface area contributed by atoms with Crippen LogP contribution in [0.4, 0.5) is 0 Å². The highest BCUT2D eigenvalue weighted by molar-refractivity contribution is 7.71. The van der Waals surface area contributed by atoms with Crippen molar-refractivity contribution in [2.24, 2.45) is 0 Å². The monoisotopic (exact) mass is 229 g/mol. The summed E-state index contributed by atoms with van der Waals surface area (Å²) in [6.45, 7) is 6.55. The average molecular weight is 229 g/mol. The largest absolute Gasteiger partial charge is 0.396 e. The maximum absolute atomic E-state index is 8.72. The average Bonchev–Trinajstić information content (AvgIpc) is 2.47. The molecular formula is C10H19N3OS. The van der Waals surface area contributed by atoms with E-state index in [2.05, 4.69) is 31.0 Å². The molecule has 1 heterocycles. The minimum absolute atomic E-state index is 0.0430. The lowest BCUT2D eigenvalue weighted by Crippen LogP contribution is -2.24. The first kappa shape index (κ1) is 12.4. The Balaban J connectivity index is 2.85. The van der Waals surface area contributed by atoms with E-state index in [4.69, 9.17) is 17.3 Å². The standard InChI is InChI=1S/C10H19N3OS/c1-10(2,3)13-8(6-4-5-7-14)11-12-9(13)15/h14H,4-7H2,1-3H3,(H,12,15). The summed E-state index contributed by atoms with van der Waals surface area (Å²) in [5, 5.41) is 15.8. The van der Waals surface area contributed by atoms with Crippen LogP contribution in [-0.2, 0) is 12.0 Å². The summed E-state index contributed by atoms with van der Waals surface area (Å²) in [7, 11) is 0. The van der Waals surface area contributed by atoms with Gasteiger partial charge in [0.15, 0.2) is 4.77 Å². The molecule has 0 atom stereocenters. The molecule has 0 saturated heterocycles. The van der Waals surface area contributed by atoms with Gasteiger partial charge in [-0.3, -0.25) is 9.67 Å². The molecule has 0 aliphatic carbocycles. The van der Waals surface area contributed by atoms with Crippen molar-refractivity contribution in [3.8, 4) is 0 Å². The van der Waals surface area contributed by atoms with Crippen LogP contribution in [0.15, 0.2) is 0 Å². The van der Waals surface area contributed by atoms with Crippen LogP contribution in [0.5, 0.6) is 0 Å². The number of aryl methyl sites for hydroxylation is 1. The van der Waals surface area contributed by atoms with Crippen LogP contribution in [0.1, 0.15) is 39.4 Å². The summed E-state index contributed by atoms with van der Waals surface area (Å²) in [5.74, 6) is 0.973. The number of H-pyrrole nitrogens is 1. The number of aromatic nitrogens is 3. The number of nitrogens with one attached hydrogen (secondary N) is 1. The van der Waals surface area contributed by atoms with E-state index < -0.39 is 0 Å². The van der Waals surface area contributed by atoms with E-state index in [1.165, 1.54) is 0 Å². The number of nitrogens with zero attached hydrogens (tertiary/aromatic N) is 2. The second-order valence-corrected chi connectivity index (χ2v) is 5.02. The smallest absolute Gasteiger partial charge is 0.195 e. The molecule has 0 radical (unpaired) electrons. The number of rotatable bonds is 4. The van der Waals surface area contributed by atoms with E-state index in [1.807, 2.05) is 4.57 Å². The molecule has 0 aliphatic rings. The van der Waals surface area contributed by atoms with E-state index in [9.17, 15) is 0 Å². The van der Waals surface area contributed by atoms with E-state index in [0.717, 1.165) is 25.1 Å². The van der Waals surface area contributed by atoms with Crippen LogP contribution in [0.25, 0.3) is 0 Å². The van der Waals surface area contributed by atoms with E-state index >= 15 is 0 Å². The van der Waals surface area contributed by atoms with Crippen LogP contribution >= 0.6 is 12.2 Å². The number of aliphatic hydroxyl groups excluding tert-OH is 1. The van der Waals surface area contributed by atoms with Crippen molar-refractivity contribution in [3.05, 3.63) is 10.6 Å². The highest BCUT2D eigenvalue weighted by Gasteiger charge is 2.18. The van der Waals surface area contributed by atoms with Crippen molar-refractivity contribution in [1.82, 2.24) is 14.8 Å². The van der Waals surface area contributed by atoms with E-state index in [1.54, 1.807) is 0 Å². The molecule has 5 heteroatoms. The van der Waals surface area contributed by atoms with Crippen LogP contribution < -0.4 is 0 Å². The molecule has 4 nitrogen and oxygen atoms in total. The second kappa shape index (κ2) is 4.90. The quantitative estimate of drug-likeness (QED) is 0.613. The Morgan fingerprint density at radius 3 is 2.60 bits per heavy atom. The first-order valence-corrected chi connectivity index (χ1v) is 5.65.